The molecule has 0 atom stereocenters. The maximum Gasteiger partial charge on any atom is 0.106 e. The maximum atomic E-state index is 4.77. The number of benzene rings is 1. The van der Waals surface area contributed by atoms with Crippen LogP contribution in [0.25, 0.3) is 11.3 Å². The maximum absolute atomic E-state index is 4.77. The zero-order chi connectivity index (χ0) is 14.2. The molecule has 1 aromatic heterocycles. The van der Waals surface area contributed by atoms with Gasteiger partial charge < -0.3 is 9.88 Å². The fourth-order valence-corrected chi connectivity index (χ4v) is 2.78. The van der Waals surface area contributed by atoms with Crippen molar-refractivity contribution in [1.29, 1.82) is 0 Å². The van der Waals surface area contributed by atoms with Gasteiger partial charge in [-0.15, -0.1) is 0 Å². The highest BCUT2D eigenvalue weighted by Crippen LogP contribution is 2.30. The molecule has 0 spiro atoms. The second-order valence-corrected chi connectivity index (χ2v) is 5.32. The molecule has 0 aliphatic carbocycles. The van der Waals surface area contributed by atoms with E-state index in [0.717, 1.165) is 18.1 Å². The van der Waals surface area contributed by atoms with Crippen molar-refractivity contribution in [2.75, 3.05) is 7.05 Å². The summed E-state index contributed by atoms with van der Waals surface area (Å²) in [6.07, 6.45) is 0. The summed E-state index contributed by atoms with van der Waals surface area (Å²) < 4.78 is 2.17. The zero-order valence-electron chi connectivity index (χ0n) is 12.8. The molecule has 1 N–H and O–H groups in total. The first-order valence-electron chi connectivity index (χ1n) is 6.70. The van der Waals surface area contributed by atoms with E-state index in [1.807, 2.05) is 7.05 Å². The van der Waals surface area contributed by atoms with E-state index in [4.69, 9.17) is 4.98 Å². The largest absolute Gasteiger partial charge is 0.334 e. The lowest BCUT2D eigenvalue weighted by atomic mass is 9.96. The van der Waals surface area contributed by atoms with Crippen LogP contribution in [-0.4, -0.2) is 16.6 Å². The molecular formula is C16H23N3. The van der Waals surface area contributed by atoms with Gasteiger partial charge in [-0.05, 0) is 45.9 Å². The topological polar surface area (TPSA) is 29.9 Å². The Labute approximate surface area is 115 Å². The van der Waals surface area contributed by atoms with E-state index in [-0.39, 0.29) is 0 Å². The molecule has 3 nitrogen and oxygen atoms in total. The van der Waals surface area contributed by atoms with E-state index < -0.39 is 0 Å². The molecule has 19 heavy (non-hydrogen) atoms. The molecule has 0 aliphatic heterocycles. The van der Waals surface area contributed by atoms with Crippen molar-refractivity contribution in [2.24, 2.45) is 7.05 Å². The lowest BCUT2D eigenvalue weighted by molar-refractivity contribution is 0.722. The lowest BCUT2D eigenvalue weighted by Gasteiger charge is -2.12. The molecule has 0 saturated heterocycles. The van der Waals surface area contributed by atoms with Crippen LogP contribution in [0.15, 0.2) is 12.1 Å². The van der Waals surface area contributed by atoms with Gasteiger partial charge in [0.25, 0.3) is 0 Å². The fraction of sp³-hybridized carbons (Fsp3) is 0.438. The minimum atomic E-state index is 0.833. The number of hydrogen-bond donors (Lipinski definition) is 1. The van der Waals surface area contributed by atoms with Crippen LogP contribution in [0.5, 0.6) is 0 Å². The molecule has 0 amide bonds. The predicted molar refractivity (Wildman–Crippen MR) is 80.4 cm³/mol. The molecule has 0 saturated carbocycles. The summed E-state index contributed by atoms with van der Waals surface area (Å²) in [6, 6.07) is 4.46. The number of hydrogen-bond acceptors (Lipinski definition) is 2. The Hall–Kier alpha value is -1.61. The van der Waals surface area contributed by atoms with Crippen molar-refractivity contribution in [1.82, 2.24) is 14.9 Å². The van der Waals surface area contributed by atoms with E-state index in [2.05, 4.69) is 56.8 Å². The summed E-state index contributed by atoms with van der Waals surface area (Å²) in [5.41, 5.74) is 7.54. The van der Waals surface area contributed by atoms with Crippen LogP contribution in [-0.2, 0) is 13.6 Å². The number of nitrogens with one attached hydrogen (secondary N) is 1. The molecule has 0 aliphatic rings. The van der Waals surface area contributed by atoms with E-state index in [1.165, 1.54) is 27.9 Å². The van der Waals surface area contributed by atoms with Gasteiger partial charge in [-0.3, -0.25) is 0 Å². The number of aryl methyl sites for hydroxylation is 4. The number of imidazole rings is 1. The molecule has 0 bridgehead atoms. The average molecular weight is 257 g/mol. The van der Waals surface area contributed by atoms with E-state index in [1.54, 1.807) is 0 Å². The quantitative estimate of drug-likeness (QED) is 0.916. The Morgan fingerprint density at radius 1 is 1.11 bits per heavy atom. The fourth-order valence-electron chi connectivity index (χ4n) is 2.78. The Morgan fingerprint density at radius 2 is 1.68 bits per heavy atom. The predicted octanol–water partition coefficient (Wildman–Crippen LogP) is 3.04. The highest BCUT2D eigenvalue weighted by atomic mass is 15.1. The lowest BCUT2D eigenvalue weighted by Crippen LogP contribution is -2.11. The Bertz CT molecular complexity index is 586. The van der Waals surface area contributed by atoms with Gasteiger partial charge in [-0.2, -0.15) is 0 Å². The summed E-state index contributed by atoms with van der Waals surface area (Å²) >= 11 is 0. The zero-order valence-corrected chi connectivity index (χ0v) is 12.8. The van der Waals surface area contributed by atoms with Crippen LogP contribution >= 0.6 is 0 Å². The highest BCUT2D eigenvalue weighted by Gasteiger charge is 2.17. The van der Waals surface area contributed by atoms with Crippen molar-refractivity contribution in [2.45, 2.75) is 34.2 Å². The number of nitrogens with zero attached hydrogens (tertiary/aromatic N) is 2. The summed E-state index contributed by atoms with van der Waals surface area (Å²) in [6.45, 7) is 9.37. The summed E-state index contributed by atoms with van der Waals surface area (Å²) in [5.74, 6) is 1.06. The molecule has 0 fully saturated rings. The third-order valence-electron chi connectivity index (χ3n) is 3.70. The Kier molecular flexibility index (Phi) is 3.76. The van der Waals surface area contributed by atoms with Crippen molar-refractivity contribution in [3.05, 3.63) is 40.3 Å². The SMILES string of the molecule is CNCc1c(-c2c(C)cc(C)cc2C)nc(C)n1C. The van der Waals surface area contributed by atoms with Crippen LogP contribution < -0.4 is 5.32 Å². The molecule has 2 rings (SSSR count). The molecule has 102 valence electrons. The van der Waals surface area contributed by atoms with Gasteiger partial charge in [0.2, 0.25) is 0 Å². The molecule has 0 unspecified atom stereocenters. The van der Waals surface area contributed by atoms with E-state index >= 15 is 0 Å². The molecule has 0 radical (unpaired) electrons. The number of rotatable bonds is 3. The standard InChI is InChI=1S/C16H23N3/c1-10-7-11(2)15(12(3)8-10)16-14(9-17-5)19(6)13(4)18-16/h7-8,17H,9H2,1-6H3. The second kappa shape index (κ2) is 5.17. The van der Waals surface area contributed by atoms with Crippen molar-refractivity contribution < 1.29 is 0 Å². The van der Waals surface area contributed by atoms with Crippen LogP contribution in [0.3, 0.4) is 0 Å². The first-order valence-corrected chi connectivity index (χ1v) is 6.70. The van der Waals surface area contributed by atoms with E-state index in [0.29, 0.717) is 0 Å². The van der Waals surface area contributed by atoms with Crippen LogP contribution in [0.2, 0.25) is 0 Å². The minimum absolute atomic E-state index is 0.833. The van der Waals surface area contributed by atoms with Gasteiger partial charge in [0.05, 0.1) is 11.4 Å². The van der Waals surface area contributed by atoms with Crippen LogP contribution in [0.4, 0.5) is 0 Å². The smallest absolute Gasteiger partial charge is 0.106 e. The van der Waals surface area contributed by atoms with Gasteiger partial charge in [0.1, 0.15) is 5.82 Å². The average Bonchev–Trinajstić information content (AvgIpc) is 2.57. The second-order valence-electron chi connectivity index (χ2n) is 5.32. The van der Waals surface area contributed by atoms with Crippen LogP contribution in [0.1, 0.15) is 28.2 Å². The summed E-state index contributed by atoms with van der Waals surface area (Å²) in [5, 5.41) is 3.24. The van der Waals surface area contributed by atoms with Gasteiger partial charge in [-0.1, -0.05) is 17.7 Å². The molecular weight excluding hydrogens is 234 g/mol. The Balaban J connectivity index is 2.69. The van der Waals surface area contributed by atoms with Crippen LogP contribution in [0, 0.1) is 27.7 Å². The van der Waals surface area contributed by atoms with Gasteiger partial charge in [-0.25, -0.2) is 4.98 Å². The van der Waals surface area contributed by atoms with Gasteiger partial charge >= 0.3 is 0 Å². The monoisotopic (exact) mass is 257 g/mol. The first kappa shape index (κ1) is 13.8. The van der Waals surface area contributed by atoms with Crippen molar-refractivity contribution in [3.8, 4) is 11.3 Å². The molecule has 3 heteroatoms. The molecule has 2 aromatic rings. The third kappa shape index (κ3) is 2.43. The summed E-state index contributed by atoms with van der Waals surface area (Å²) in [7, 11) is 4.05. The summed E-state index contributed by atoms with van der Waals surface area (Å²) in [4.78, 5) is 4.77. The highest BCUT2D eigenvalue weighted by molar-refractivity contribution is 5.70. The third-order valence-corrected chi connectivity index (χ3v) is 3.70. The molecule has 1 aromatic carbocycles. The first-order chi connectivity index (χ1) is 8.95. The van der Waals surface area contributed by atoms with E-state index in [9.17, 15) is 0 Å². The van der Waals surface area contributed by atoms with Crippen molar-refractivity contribution >= 4 is 0 Å². The Morgan fingerprint density at radius 3 is 2.21 bits per heavy atom. The number of aromatic nitrogens is 2. The minimum Gasteiger partial charge on any atom is -0.334 e. The van der Waals surface area contributed by atoms with Gasteiger partial charge in [0.15, 0.2) is 0 Å². The van der Waals surface area contributed by atoms with Crippen molar-refractivity contribution in [3.63, 3.8) is 0 Å². The molecule has 1 heterocycles. The van der Waals surface area contributed by atoms with Gasteiger partial charge in [0, 0.05) is 19.2 Å². The normalized spacial score (nSPS) is 11.1.